The van der Waals surface area contributed by atoms with Gasteiger partial charge >= 0.3 is 0 Å². The highest BCUT2D eigenvalue weighted by molar-refractivity contribution is 8.01. The third kappa shape index (κ3) is 8.36. The number of nitrogens with zero attached hydrogens (tertiary/aromatic N) is 6. The lowest BCUT2D eigenvalue weighted by molar-refractivity contribution is 0.469. The fraction of sp³-hybridized carbons (Fsp3) is 0.480. The Morgan fingerprint density at radius 1 is 1.12 bits per heavy atom. The topological polar surface area (TPSA) is 94.3 Å². The zero-order valence-electron chi connectivity index (χ0n) is 20.5. The average molecular weight is 498 g/mol. The third-order valence-electron chi connectivity index (χ3n) is 5.37. The number of thioether (sulfide) groups is 1. The molecule has 0 saturated carbocycles. The van der Waals surface area contributed by atoms with Crippen molar-refractivity contribution in [3.8, 4) is 5.69 Å². The summed E-state index contributed by atoms with van der Waals surface area (Å²) in [4.78, 5) is 0. The van der Waals surface area contributed by atoms with Crippen molar-refractivity contribution in [3.05, 3.63) is 48.2 Å². The Hall–Kier alpha value is -2.52. The van der Waals surface area contributed by atoms with Crippen LogP contribution in [0.5, 0.6) is 0 Å². The predicted molar refractivity (Wildman–Crippen MR) is 144 cm³/mol. The number of unbranched alkanes of at least 4 members (excludes halogenated alkanes) is 1. The molecule has 2 heterocycles. The van der Waals surface area contributed by atoms with Crippen molar-refractivity contribution in [1.82, 2.24) is 20.0 Å². The summed E-state index contributed by atoms with van der Waals surface area (Å²) in [5.74, 6) is 2.90. The van der Waals surface area contributed by atoms with Crippen LogP contribution in [0.3, 0.4) is 0 Å². The van der Waals surface area contributed by atoms with Crippen LogP contribution in [0.4, 0.5) is 16.6 Å². The molecule has 0 bridgehead atoms. The van der Waals surface area contributed by atoms with Crippen LogP contribution in [-0.2, 0) is 0 Å². The van der Waals surface area contributed by atoms with Crippen molar-refractivity contribution in [2.24, 2.45) is 22.1 Å². The first-order chi connectivity index (χ1) is 16.4. The van der Waals surface area contributed by atoms with E-state index in [1.807, 2.05) is 30.3 Å². The summed E-state index contributed by atoms with van der Waals surface area (Å²) < 4.78 is 2.56. The Kier molecular flexibility index (Phi) is 10.3. The molecule has 0 aliphatic rings. The molecule has 34 heavy (non-hydrogen) atoms. The summed E-state index contributed by atoms with van der Waals surface area (Å²) in [5.41, 5.74) is 8.98. The van der Waals surface area contributed by atoms with Crippen LogP contribution in [0.2, 0.25) is 0 Å². The second-order valence-electron chi connectivity index (χ2n) is 9.09. The Balaban J connectivity index is 1.56. The number of aromatic nitrogens is 4. The smallest absolute Gasteiger partial charge is 0.252 e. The maximum absolute atomic E-state index is 6.21. The lowest BCUT2D eigenvalue weighted by atomic mass is 9.97. The van der Waals surface area contributed by atoms with Crippen molar-refractivity contribution in [3.63, 3.8) is 0 Å². The van der Waals surface area contributed by atoms with Gasteiger partial charge in [0, 0.05) is 5.75 Å². The zero-order chi connectivity index (χ0) is 24.3. The number of para-hydroxylation sites is 1. The number of anilines is 1. The van der Waals surface area contributed by atoms with E-state index in [4.69, 9.17) is 5.73 Å². The van der Waals surface area contributed by atoms with Crippen molar-refractivity contribution >= 4 is 39.7 Å². The summed E-state index contributed by atoms with van der Waals surface area (Å²) in [6, 6.07) is 9.70. The molecule has 0 amide bonds. The van der Waals surface area contributed by atoms with Crippen molar-refractivity contribution in [2.75, 3.05) is 11.5 Å². The Labute approximate surface area is 211 Å². The Bertz CT molecular complexity index is 1070. The molecule has 3 aromatic rings. The van der Waals surface area contributed by atoms with E-state index in [-0.39, 0.29) is 0 Å². The van der Waals surface area contributed by atoms with Crippen LogP contribution in [0.25, 0.3) is 5.69 Å². The van der Waals surface area contributed by atoms with Gasteiger partial charge in [-0.25, -0.2) is 4.68 Å². The predicted octanol–water partition coefficient (Wildman–Crippen LogP) is 8.00. The summed E-state index contributed by atoms with van der Waals surface area (Å²) in [6.45, 7) is 8.93. The lowest BCUT2D eigenvalue weighted by Crippen LogP contribution is -2.03. The molecule has 0 fully saturated rings. The van der Waals surface area contributed by atoms with Crippen LogP contribution >= 0.6 is 23.1 Å². The van der Waals surface area contributed by atoms with E-state index in [1.54, 1.807) is 22.6 Å². The van der Waals surface area contributed by atoms with E-state index in [0.717, 1.165) is 28.1 Å². The van der Waals surface area contributed by atoms with Gasteiger partial charge in [-0.1, -0.05) is 86.1 Å². The van der Waals surface area contributed by atoms with Gasteiger partial charge in [-0.3, -0.25) is 0 Å². The first kappa shape index (κ1) is 26.1. The summed E-state index contributed by atoms with van der Waals surface area (Å²) in [7, 11) is 0. The molecule has 0 aliphatic carbocycles. The SMILES string of the molecule is CC(C)=CCC(CCCCC(C)C)CSc1nnc(/N=N/c2cnn(-c3ccccc3)c2N)s1. The summed E-state index contributed by atoms with van der Waals surface area (Å²) >= 11 is 3.22. The average Bonchev–Trinajstić information content (AvgIpc) is 3.43. The second-order valence-corrected chi connectivity index (χ2v) is 11.3. The van der Waals surface area contributed by atoms with Crippen LogP contribution in [0.1, 0.15) is 59.8 Å². The van der Waals surface area contributed by atoms with Gasteiger partial charge in [-0.15, -0.1) is 20.4 Å². The fourth-order valence-electron chi connectivity index (χ4n) is 3.45. The number of hydrogen-bond acceptors (Lipinski definition) is 8. The summed E-state index contributed by atoms with van der Waals surface area (Å²) in [5, 5.41) is 21.8. The van der Waals surface area contributed by atoms with Crippen molar-refractivity contribution in [1.29, 1.82) is 0 Å². The van der Waals surface area contributed by atoms with Gasteiger partial charge in [-0.2, -0.15) is 5.10 Å². The molecule has 9 heteroatoms. The van der Waals surface area contributed by atoms with E-state index in [0.29, 0.717) is 22.6 Å². The Morgan fingerprint density at radius 3 is 2.62 bits per heavy atom. The second kappa shape index (κ2) is 13.4. The third-order valence-corrected chi connectivity index (χ3v) is 7.54. The highest BCUT2D eigenvalue weighted by Gasteiger charge is 2.12. The van der Waals surface area contributed by atoms with Crippen LogP contribution in [0, 0.1) is 11.8 Å². The molecule has 0 radical (unpaired) electrons. The number of nitrogen functional groups attached to an aromatic ring is 1. The quantitative estimate of drug-likeness (QED) is 0.112. The van der Waals surface area contributed by atoms with Gasteiger partial charge < -0.3 is 5.73 Å². The van der Waals surface area contributed by atoms with Gasteiger partial charge in [0.25, 0.3) is 5.13 Å². The highest BCUT2D eigenvalue weighted by atomic mass is 32.2. The normalized spacial score (nSPS) is 12.5. The van der Waals surface area contributed by atoms with Crippen molar-refractivity contribution in [2.45, 2.75) is 64.1 Å². The molecule has 182 valence electrons. The van der Waals surface area contributed by atoms with E-state index in [2.05, 4.69) is 59.3 Å². The molecular weight excluding hydrogens is 462 g/mol. The van der Waals surface area contributed by atoms with Gasteiger partial charge in [0.05, 0.1) is 11.9 Å². The number of azo groups is 1. The molecule has 1 atom stereocenters. The lowest BCUT2D eigenvalue weighted by Gasteiger charge is -2.14. The summed E-state index contributed by atoms with van der Waals surface area (Å²) in [6.07, 6.45) is 10.2. The highest BCUT2D eigenvalue weighted by Crippen LogP contribution is 2.33. The maximum Gasteiger partial charge on any atom is 0.252 e. The molecule has 3 rings (SSSR count). The largest absolute Gasteiger partial charge is 0.382 e. The number of hydrogen-bond donors (Lipinski definition) is 1. The van der Waals surface area contributed by atoms with E-state index >= 15 is 0 Å². The van der Waals surface area contributed by atoms with E-state index in [9.17, 15) is 0 Å². The fourth-order valence-corrected chi connectivity index (χ4v) is 5.29. The molecule has 0 saturated heterocycles. The van der Waals surface area contributed by atoms with Gasteiger partial charge in [0.1, 0.15) is 5.69 Å². The van der Waals surface area contributed by atoms with E-state index in [1.165, 1.54) is 42.6 Å². The van der Waals surface area contributed by atoms with Gasteiger partial charge in [-0.05, 0) is 50.7 Å². The first-order valence-electron chi connectivity index (χ1n) is 11.8. The minimum atomic E-state index is 0.439. The maximum atomic E-state index is 6.21. The minimum Gasteiger partial charge on any atom is -0.382 e. The number of allylic oxidation sites excluding steroid dienone is 2. The minimum absolute atomic E-state index is 0.439. The molecule has 2 aromatic heterocycles. The molecular formula is C25H35N7S2. The van der Waals surface area contributed by atoms with E-state index < -0.39 is 0 Å². The van der Waals surface area contributed by atoms with Crippen LogP contribution < -0.4 is 5.73 Å². The van der Waals surface area contributed by atoms with Gasteiger partial charge in [0.15, 0.2) is 10.2 Å². The first-order valence-corrected chi connectivity index (χ1v) is 13.6. The number of benzene rings is 1. The zero-order valence-corrected chi connectivity index (χ0v) is 22.1. The Morgan fingerprint density at radius 2 is 1.88 bits per heavy atom. The van der Waals surface area contributed by atoms with Crippen LogP contribution in [0.15, 0.2) is 62.7 Å². The standard InChI is InChI=1S/C25H35N7S2/c1-18(2)10-8-9-11-20(15-14-19(3)4)17-33-25-31-30-24(34-25)29-28-22-16-27-32(23(22)26)21-12-6-5-7-13-21/h5-7,12-14,16,18,20H,8-11,15,17,26H2,1-4H3/b29-28+. The molecule has 2 N–H and O–H groups in total. The number of rotatable bonds is 13. The van der Waals surface area contributed by atoms with Gasteiger partial charge in [0.2, 0.25) is 0 Å². The van der Waals surface area contributed by atoms with Crippen molar-refractivity contribution < 1.29 is 0 Å². The molecule has 7 nitrogen and oxygen atoms in total. The number of nitrogens with two attached hydrogens (primary N) is 1. The molecule has 1 aromatic carbocycles. The molecule has 1 unspecified atom stereocenters. The van der Waals surface area contributed by atoms with Crippen LogP contribution in [-0.4, -0.2) is 25.7 Å². The molecule has 0 aliphatic heterocycles. The molecule has 0 spiro atoms. The monoisotopic (exact) mass is 497 g/mol.